The second-order valence-electron chi connectivity index (χ2n) is 6.11. The lowest BCUT2D eigenvalue weighted by Crippen LogP contribution is -2.49. The zero-order valence-corrected chi connectivity index (χ0v) is 12.2. The molecule has 0 saturated heterocycles. The minimum absolute atomic E-state index is 0.198. The molecule has 1 saturated carbocycles. The Hall–Kier alpha value is -0.810. The lowest BCUT2D eigenvalue weighted by atomic mass is 9.89. The van der Waals surface area contributed by atoms with E-state index in [1.807, 2.05) is 34.9 Å². The van der Waals surface area contributed by atoms with E-state index >= 15 is 0 Å². The van der Waals surface area contributed by atoms with Crippen LogP contribution in [0.4, 0.5) is 4.79 Å². The van der Waals surface area contributed by atoms with E-state index in [0.29, 0.717) is 0 Å². The SMILES string of the molecule is CN(C)CCOC1CC(NC(=O)OC(C)(C)C)C1. The van der Waals surface area contributed by atoms with E-state index in [4.69, 9.17) is 9.47 Å². The molecule has 0 unspecified atom stereocenters. The fraction of sp³-hybridized carbons (Fsp3) is 0.923. The number of hydrogen-bond donors (Lipinski definition) is 1. The maximum atomic E-state index is 11.5. The van der Waals surface area contributed by atoms with Crippen LogP contribution < -0.4 is 5.32 Å². The van der Waals surface area contributed by atoms with Crippen LogP contribution in [0.15, 0.2) is 0 Å². The molecule has 5 nitrogen and oxygen atoms in total. The molecule has 5 heteroatoms. The van der Waals surface area contributed by atoms with Crippen LogP contribution in [0.2, 0.25) is 0 Å². The third-order valence-corrected chi connectivity index (χ3v) is 2.71. The van der Waals surface area contributed by atoms with Gasteiger partial charge in [0.05, 0.1) is 12.7 Å². The summed E-state index contributed by atoms with van der Waals surface area (Å²) in [6, 6.07) is 0.198. The molecule has 0 aliphatic heterocycles. The van der Waals surface area contributed by atoms with Gasteiger partial charge in [-0.3, -0.25) is 0 Å². The molecule has 106 valence electrons. The summed E-state index contributed by atoms with van der Waals surface area (Å²) in [6.07, 6.45) is 1.71. The van der Waals surface area contributed by atoms with Gasteiger partial charge in [0.2, 0.25) is 0 Å². The molecule has 1 N–H and O–H groups in total. The Morgan fingerprint density at radius 1 is 1.33 bits per heavy atom. The minimum atomic E-state index is -0.435. The second-order valence-corrected chi connectivity index (χ2v) is 6.11. The van der Waals surface area contributed by atoms with Crippen LogP contribution >= 0.6 is 0 Å². The summed E-state index contributed by atoms with van der Waals surface area (Å²) in [4.78, 5) is 13.6. The van der Waals surface area contributed by atoms with Gasteiger partial charge in [-0.1, -0.05) is 0 Å². The number of hydrogen-bond acceptors (Lipinski definition) is 4. The molecule has 1 amide bonds. The van der Waals surface area contributed by atoms with Crippen molar-refractivity contribution in [2.75, 3.05) is 27.2 Å². The van der Waals surface area contributed by atoms with E-state index in [2.05, 4.69) is 10.2 Å². The molecule has 1 rings (SSSR count). The smallest absolute Gasteiger partial charge is 0.407 e. The van der Waals surface area contributed by atoms with Crippen LogP contribution in [-0.4, -0.2) is 56.0 Å². The van der Waals surface area contributed by atoms with Crippen molar-refractivity contribution in [3.63, 3.8) is 0 Å². The Labute approximate surface area is 110 Å². The summed E-state index contributed by atoms with van der Waals surface area (Å²) < 4.78 is 10.9. The van der Waals surface area contributed by atoms with Gasteiger partial charge in [-0.25, -0.2) is 4.79 Å². The van der Waals surface area contributed by atoms with Gasteiger partial charge in [-0.15, -0.1) is 0 Å². The van der Waals surface area contributed by atoms with Crippen LogP contribution in [0.5, 0.6) is 0 Å². The summed E-state index contributed by atoms with van der Waals surface area (Å²) in [6.45, 7) is 7.26. The second kappa shape index (κ2) is 6.38. The predicted molar refractivity (Wildman–Crippen MR) is 70.7 cm³/mol. The Kier molecular flexibility index (Phi) is 5.41. The summed E-state index contributed by atoms with van der Waals surface area (Å²) in [7, 11) is 4.05. The lowest BCUT2D eigenvalue weighted by Gasteiger charge is -2.36. The van der Waals surface area contributed by atoms with Crippen LogP contribution in [0.3, 0.4) is 0 Å². The third-order valence-electron chi connectivity index (χ3n) is 2.71. The summed E-state index contributed by atoms with van der Waals surface area (Å²) in [5.41, 5.74) is -0.435. The molecule has 0 aromatic rings. The zero-order chi connectivity index (χ0) is 13.8. The van der Waals surface area contributed by atoms with Gasteiger partial charge in [0, 0.05) is 12.6 Å². The standard InChI is InChI=1S/C13H26N2O3/c1-13(2,3)18-12(16)14-10-8-11(9-10)17-7-6-15(4)5/h10-11H,6-9H2,1-5H3,(H,14,16). The highest BCUT2D eigenvalue weighted by Crippen LogP contribution is 2.23. The Morgan fingerprint density at radius 3 is 2.44 bits per heavy atom. The topological polar surface area (TPSA) is 50.8 Å². The van der Waals surface area contributed by atoms with Gasteiger partial charge >= 0.3 is 6.09 Å². The monoisotopic (exact) mass is 258 g/mol. The third kappa shape index (κ3) is 6.21. The van der Waals surface area contributed by atoms with Gasteiger partial charge in [-0.2, -0.15) is 0 Å². The van der Waals surface area contributed by atoms with E-state index < -0.39 is 5.60 Å². The van der Waals surface area contributed by atoms with Crippen LogP contribution in [0, 0.1) is 0 Å². The van der Waals surface area contributed by atoms with E-state index in [9.17, 15) is 4.79 Å². The molecule has 0 bridgehead atoms. The molecular weight excluding hydrogens is 232 g/mol. The molecule has 0 spiro atoms. The molecule has 18 heavy (non-hydrogen) atoms. The maximum Gasteiger partial charge on any atom is 0.407 e. The minimum Gasteiger partial charge on any atom is -0.444 e. The van der Waals surface area contributed by atoms with E-state index in [0.717, 1.165) is 26.0 Å². The van der Waals surface area contributed by atoms with Crippen molar-refractivity contribution in [1.82, 2.24) is 10.2 Å². The average Bonchev–Trinajstić information content (AvgIpc) is 2.09. The molecule has 1 aliphatic carbocycles. The van der Waals surface area contributed by atoms with Gasteiger partial charge in [0.15, 0.2) is 0 Å². The summed E-state index contributed by atoms with van der Waals surface area (Å²) >= 11 is 0. The van der Waals surface area contributed by atoms with Crippen LogP contribution in [0.25, 0.3) is 0 Å². The molecule has 1 fully saturated rings. The van der Waals surface area contributed by atoms with Gasteiger partial charge < -0.3 is 19.7 Å². The first-order chi connectivity index (χ1) is 8.26. The fourth-order valence-electron chi connectivity index (χ4n) is 1.70. The van der Waals surface area contributed by atoms with Crippen molar-refractivity contribution < 1.29 is 14.3 Å². The highest BCUT2D eigenvalue weighted by Gasteiger charge is 2.32. The summed E-state index contributed by atoms with van der Waals surface area (Å²) in [5.74, 6) is 0. The number of likely N-dealkylation sites (N-methyl/N-ethyl adjacent to an activating group) is 1. The molecule has 1 aliphatic rings. The van der Waals surface area contributed by atoms with E-state index in [-0.39, 0.29) is 18.2 Å². The number of nitrogens with zero attached hydrogens (tertiary/aromatic N) is 1. The number of amides is 1. The highest BCUT2D eigenvalue weighted by molar-refractivity contribution is 5.68. The first-order valence-corrected chi connectivity index (χ1v) is 6.52. The number of carbonyl (C=O) groups is 1. The molecule has 0 atom stereocenters. The van der Waals surface area contributed by atoms with Crippen LogP contribution in [-0.2, 0) is 9.47 Å². The number of ether oxygens (including phenoxy) is 2. The van der Waals surface area contributed by atoms with Crippen molar-refractivity contribution in [2.24, 2.45) is 0 Å². The van der Waals surface area contributed by atoms with Crippen molar-refractivity contribution in [3.8, 4) is 0 Å². The van der Waals surface area contributed by atoms with Crippen LogP contribution in [0.1, 0.15) is 33.6 Å². The predicted octanol–water partition coefficient (Wildman–Crippen LogP) is 1.62. The molecule has 0 aromatic heterocycles. The van der Waals surface area contributed by atoms with Crippen molar-refractivity contribution >= 4 is 6.09 Å². The lowest BCUT2D eigenvalue weighted by molar-refractivity contribution is -0.0238. The number of rotatable bonds is 5. The molecule has 0 aromatic carbocycles. The number of carbonyl (C=O) groups excluding carboxylic acids is 1. The Balaban J connectivity index is 2.06. The zero-order valence-electron chi connectivity index (χ0n) is 12.2. The van der Waals surface area contributed by atoms with Gasteiger partial charge in [0.1, 0.15) is 5.60 Å². The normalized spacial score (nSPS) is 23.7. The Bertz CT molecular complexity index is 268. The van der Waals surface area contributed by atoms with E-state index in [1.54, 1.807) is 0 Å². The van der Waals surface area contributed by atoms with Crippen molar-refractivity contribution in [1.29, 1.82) is 0 Å². The van der Waals surface area contributed by atoms with Gasteiger partial charge in [0.25, 0.3) is 0 Å². The fourth-order valence-corrected chi connectivity index (χ4v) is 1.70. The maximum absolute atomic E-state index is 11.5. The van der Waals surface area contributed by atoms with Gasteiger partial charge in [-0.05, 0) is 47.7 Å². The number of alkyl carbamates (subject to hydrolysis) is 1. The van der Waals surface area contributed by atoms with E-state index in [1.165, 1.54) is 0 Å². The van der Waals surface area contributed by atoms with Crippen molar-refractivity contribution in [3.05, 3.63) is 0 Å². The average molecular weight is 258 g/mol. The largest absolute Gasteiger partial charge is 0.444 e. The first-order valence-electron chi connectivity index (χ1n) is 6.52. The highest BCUT2D eigenvalue weighted by atomic mass is 16.6. The molecular formula is C13H26N2O3. The first kappa shape index (κ1) is 15.2. The Morgan fingerprint density at radius 2 is 1.94 bits per heavy atom. The molecule has 0 heterocycles. The summed E-state index contributed by atoms with van der Waals surface area (Å²) in [5, 5.41) is 2.85. The quantitative estimate of drug-likeness (QED) is 0.814. The molecule has 0 radical (unpaired) electrons. The number of nitrogens with one attached hydrogen (secondary N) is 1. The van der Waals surface area contributed by atoms with Crippen molar-refractivity contribution in [2.45, 2.75) is 51.4 Å².